The van der Waals surface area contributed by atoms with Crippen molar-refractivity contribution in [1.82, 2.24) is 10.2 Å². The van der Waals surface area contributed by atoms with Gasteiger partial charge in [0.2, 0.25) is 5.96 Å². The number of nitrogens with zero attached hydrogens (tertiary/aromatic N) is 3. The molecule has 0 atom stereocenters. The molecule has 1 saturated heterocycles. The molecule has 0 aliphatic carbocycles. The van der Waals surface area contributed by atoms with Crippen LogP contribution < -0.4 is 15.0 Å². The Kier molecular flexibility index (Phi) is 8.26. The molecular formula is C30H36N4O2. The van der Waals surface area contributed by atoms with Crippen LogP contribution in [-0.4, -0.2) is 49.6 Å². The number of carbonyl (C=O) groups excluding carboxylic acids is 1. The second-order valence-corrected chi connectivity index (χ2v) is 9.13. The molecule has 0 radical (unpaired) electrons. The van der Waals surface area contributed by atoms with E-state index in [9.17, 15) is 4.79 Å². The van der Waals surface area contributed by atoms with E-state index in [0.29, 0.717) is 18.1 Å². The van der Waals surface area contributed by atoms with Gasteiger partial charge in [0, 0.05) is 37.4 Å². The Morgan fingerprint density at radius 2 is 1.69 bits per heavy atom. The van der Waals surface area contributed by atoms with E-state index in [1.165, 1.54) is 22.4 Å². The molecule has 1 fully saturated rings. The topological polar surface area (TPSA) is 57.2 Å². The molecule has 4 rings (SSSR count). The Bertz CT molecular complexity index is 1210. The number of nitrogens with one attached hydrogen (secondary N) is 1. The van der Waals surface area contributed by atoms with Gasteiger partial charge in [0.15, 0.2) is 0 Å². The number of carbonyl (C=O) groups is 1. The molecule has 6 nitrogen and oxygen atoms in total. The highest BCUT2D eigenvalue weighted by Crippen LogP contribution is 2.23. The number of ether oxygens (including phenoxy) is 1. The van der Waals surface area contributed by atoms with Gasteiger partial charge in [-0.2, -0.15) is 0 Å². The molecule has 1 aliphatic heterocycles. The quantitative estimate of drug-likeness (QED) is 0.371. The number of guanidine groups is 1. The van der Waals surface area contributed by atoms with Crippen molar-refractivity contribution in [2.45, 2.75) is 34.1 Å². The Balaban J connectivity index is 1.55. The van der Waals surface area contributed by atoms with Crippen LogP contribution in [-0.2, 0) is 6.42 Å². The van der Waals surface area contributed by atoms with E-state index in [-0.39, 0.29) is 5.91 Å². The van der Waals surface area contributed by atoms with Gasteiger partial charge in [0.25, 0.3) is 5.91 Å². The summed E-state index contributed by atoms with van der Waals surface area (Å²) in [5.41, 5.74) is 6.45. The molecule has 0 unspecified atom stereocenters. The number of hydrogen-bond acceptors (Lipinski definition) is 4. The number of aryl methyl sites for hydroxylation is 3. The Morgan fingerprint density at radius 1 is 0.944 bits per heavy atom. The fraction of sp³-hybridized carbons (Fsp3) is 0.333. The third-order valence-electron chi connectivity index (χ3n) is 6.49. The van der Waals surface area contributed by atoms with Crippen molar-refractivity contribution in [2.75, 3.05) is 37.7 Å². The summed E-state index contributed by atoms with van der Waals surface area (Å²) in [4.78, 5) is 22.7. The van der Waals surface area contributed by atoms with Gasteiger partial charge in [-0.25, -0.2) is 4.99 Å². The third kappa shape index (κ3) is 6.25. The van der Waals surface area contributed by atoms with Crippen LogP contribution in [0.4, 0.5) is 11.4 Å². The number of piperazine rings is 1. The number of aliphatic imine (C=N–C) groups is 1. The van der Waals surface area contributed by atoms with E-state index in [1.807, 2.05) is 31.2 Å². The number of benzene rings is 3. The minimum atomic E-state index is -0.180. The lowest BCUT2D eigenvalue weighted by atomic mass is 10.1. The summed E-state index contributed by atoms with van der Waals surface area (Å²) < 4.78 is 5.51. The van der Waals surface area contributed by atoms with Gasteiger partial charge < -0.3 is 14.5 Å². The molecule has 1 aliphatic rings. The highest BCUT2D eigenvalue weighted by Gasteiger charge is 2.23. The molecule has 1 heterocycles. The van der Waals surface area contributed by atoms with Crippen molar-refractivity contribution in [3.63, 3.8) is 0 Å². The van der Waals surface area contributed by atoms with Crippen molar-refractivity contribution in [1.29, 1.82) is 0 Å². The zero-order valence-electron chi connectivity index (χ0n) is 21.8. The highest BCUT2D eigenvalue weighted by molar-refractivity contribution is 6.06. The first-order valence-electron chi connectivity index (χ1n) is 12.8. The lowest BCUT2D eigenvalue weighted by Crippen LogP contribution is -2.53. The normalized spacial score (nSPS) is 14.1. The molecule has 3 aromatic carbocycles. The van der Waals surface area contributed by atoms with Crippen molar-refractivity contribution >= 4 is 23.2 Å². The summed E-state index contributed by atoms with van der Waals surface area (Å²) >= 11 is 0. The fourth-order valence-electron chi connectivity index (χ4n) is 4.41. The summed E-state index contributed by atoms with van der Waals surface area (Å²) in [5, 5.41) is 3.09. The molecule has 0 aromatic heterocycles. The molecule has 3 aromatic rings. The van der Waals surface area contributed by atoms with E-state index in [0.717, 1.165) is 44.0 Å². The molecule has 6 heteroatoms. The minimum Gasteiger partial charge on any atom is -0.494 e. The van der Waals surface area contributed by atoms with Crippen LogP contribution in [0.2, 0.25) is 0 Å². The third-order valence-corrected chi connectivity index (χ3v) is 6.49. The van der Waals surface area contributed by atoms with Crippen molar-refractivity contribution in [3.8, 4) is 5.75 Å². The maximum Gasteiger partial charge on any atom is 0.257 e. The van der Waals surface area contributed by atoms with Crippen LogP contribution in [0.15, 0.2) is 71.7 Å². The van der Waals surface area contributed by atoms with E-state index in [4.69, 9.17) is 9.73 Å². The van der Waals surface area contributed by atoms with Crippen LogP contribution in [0.3, 0.4) is 0 Å². The fourth-order valence-corrected chi connectivity index (χ4v) is 4.41. The standard InChI is InChI=1S/C30H36N4O2/c1-5-24-8-7-9-26(21-24)31-30(32-29(35)25-12-14-27(15-13-25)36-6-2)34-18-16-33(17-19-34)28-20-22(3)10-11-23(28)4/h7-15,20-21H,5-6,16-19H2,1-4H3,(H,31,32,35). The Morgan fingerprint density at radius 3 is 2.39 bits per heavy atom. The van der Waals surface area contributed by atoms with Crippen molar-refractivity contribution in [3.05, 3.63) is 89.0 Å². The molecule has 1 amide bonds. The number of hydrogen-bond donors (Lipinski definition) is 1. The summed E-state index contributed by atoms with van der Waals surface area (Å²) in [6.07, 6.45) is 0.936. The van der Waals surface area contributed by atoms with Crippen LogP contribution in [0.25, 0.3) is 0 Å². The average Bonchev–Trinajstić information content (AvgIpc) is 2.90. The second-order valence-electron chi connectivity index (χ2n) is 9.13. The van der Waals surface area contributed by atoms with Gasteiger partial charge in [-0.3, -0.25) is 10.1 Å². The summed E-state index contributed by atoms with van der Waals surface area (Å²) in [6.45, 7) is 12.2. The van der Waals surface area contributed by atoms with Crippen LogP contribution in [0.1, 0.15) is 40.9 Å². The lowest BCUT2D eigenvalue weighted by molar-refractivity contribution is 0.0971. The first-order chi connectivity index (χ1) is 17.5. The number of rotatable bonds is 6. The number of anilines is 1. The van der Waals surface area contributed by atoms with Gasteiger partial charge in [0.1, 0.15) is 5.75 Å². The van der Waals surface area contributed by atoms with Crippen LogP contribution in [0.5, 0.6) is 5.75 Å². The molecule has 188 valence electrons. The molecule has 0 spiro atoms. The molecule has 0 saturated carbocycles. The molecular weight excluding hydrogens is 448 g/mol. The van der Waals surface area contributed by atoms with Crippen molar-refractivity contribution < 1.29 is 9.53 Å². The van der Waals surface area contributed by atoms with E-state index in [1.54, 1.807) is 12.1 Å². The SMILES string of the molecule is CCOc1ccc(C(=O)NC(=Nc2cccc(CC)c2)N2CCN(c3cc(C)ccc3C)CC2)cc1. The molecule has 0 bridgehead atoms. The van der Waals surface area contributed by atoms with Gasteiger partial charge >= 0.3 is 0 Å². The van der Waals surface area contributed by atoms with Gasteiger partial charge in [-0.15, -0.1) is 0 Å². The van der Waals surface area contributed by atoms with E-state index >= 15 is 0 Å². The molecule has 1 N–H and O–H groups in total. The maximum absolute atomic E-state index is 13.2. The minimum absolute atomic E-state index is 0.180. The first-order valence-corrected chi connectivity index (χ1v) is 12.8. The van der Waals surface area contributed by atoms with E-state index in [2.05, 4.69) is 66.2 Å². The zero-order valence-corrected chi connectivity index (χ0v) is 21.8. The monoisotopic (exact) mass is 484 g/mol. The summed E-state index contributed by atoms with van der Waals surface area (Å²) in [7, 11) is 0. The largest absolute Gasteiger partial charge is 0.494 e. The van der Waals surface area contributed by atoms with E-state index < -0.39 is 0 Å². The highest BCUT2D eigenvalue weighted by atomic mass is 16.5. The van der Waals surface area contributed by atoms with Crippen LogP contribution >= 0.6 is 0 Å². The number of amides is 1. The predicted octanol–water partition coefficient (Wildman–Crippen LogP) is 5.50. The summed E-state index contributed by atoms with van der Waals surface area (Å²) in [5.74, 6) is 1.16. The van der Waals surface area contributed by atoms with Gasteiger partial charge in [0.05, 0.1) is 12.3 Å². The maximum atomic E-state index is 13.2. The molecule has 36 heavy (non-hydrogen) atoms. The predicted molar refractivity (Wildman–Crippen MR) is 148 cm³/mol. The average molecular weight is 485 g/mol. The van der Waals surface area contributed by atoms with Gasteiger partial charge in [-0.05, 0) is 86.3 Å². The summed E-state index contributed by atoms with van der Waals surface area (Å²) in [6, 6.07) is 22.0. The second kappa shape index (κ2) is 11.8. The smallest absolute Gasteiger partial charge is 0.257 e. The Hall–Kier alpha value is -3.80. The van der Waals surface area contributed by atoms with Gasteiger partial charge in [-0.1, -0.05) is 31.2 Å². The lowest BCUT2D eigenvalue weighted by Gasteiger charge is -2.38. The first kappa shape index (κ1) is 25.3. The zero-order chi connectivity index (χ0) is 25.5. The van der Waals surface area contributed by atoms with Crippen LogP contribution in [0, 0.1) is 13.8 Å². The Labute approximate surface area is 214 Å². The van der Waals surface area contributed by atoms with Crippen molar-refractivity contribution in [2.24, 2.45) is 4.99 Å².